The zero-order valence-corrected chi connectivity index (χ0v) is 12.6. The molecule has 1 aromatic heterocycles. The minimum Gasteiger partial charge on any atom is -0.454 e. The van der Waals surface area contributed by atoms with E-state index < -0.39 is 0 Å². The predicted octanol–water partition coefficient (Wildman–Crippen LogP) is 2.62. The van der Waals surface area contributed by atoms with E-state index in [1.54, 1.807) is 6.20 Å². The van der Waals surface area contributed by atoms with E-state index in [9.17, 15) is 0 Å². The average molecular weight is 338 g/mol. The summed E-state index contributed by atoms with van der Waals surface area (Å²) in [6.07, 6.45) is 5.65. The Morgan fingerprint density at radius 1 is 1.30 bits per heavy atom. The quantitative estimate of drug-likeness (QED) is 0.795. The van der Waals surface area contributed by atoms with Gasteiger partial charge in [0.2, 0.25) is 6.79 Å². The van der Waals surface area contributed by atoms with Gasteiger partial charge >= 0.3 is 0 Å². The Morgan fingerprint density at radius 2 is 2.15 bits per heavy atom. The highest BCUT2D eigenvalue weighted by molar-refractivity contribution is 9.10. The Kier molecular flexibility index (Phi) is 4.22. The molecule has 0 bridgehead atoms. The minimum atomic E-state index is 0.307. The number of benzene rings is 1. The molecule has 1 aliphatic heterocycles. The molecule has 6 heteroatoms. The molecule has 2 heterocycles. The van der Waals surface area contributed by atoms with Crippen LogP contribution in [0.4, 0.5) is 0 Å². The number of aromatic nitrogens is 2. The van der Waals surface area contributed by atoms with E-state index in [0.29, 0.717) is 6.79 Å². The number of aromatic amines is 1. The lowest BCUT2D eigenvalue weighted by Crippen LogP contribution is -2.15. The number of ether oxygens (including phenoxy) is 2. The second-order valence-electron chi connectivity index (χ2n) is 4.61. The molecule has 20 heavy (non-hydrogen) atoms. The molecule has 3 rings (SSSR count). The van der Waals surface area contributed by atoms with Gasteiger partial charge in [0.05, 0.1) is 0 Å². The van der Waals surface area contributed by atoms with Crippen molar-refractivity contribution in [3.63, 3.8) is 0 Å². The van der Waals surface area contributed by atoms with Crippen molar-refractivity contribution in [3.05, 3.63) is 40.4 Å². The molecule has 0 atom stereocenters. The highest BCUT2D eigenvalue weighted by atomic mass is 79.9. The lowest BCUT2D eigenvalue weighted by atomic mass is 10.2. The van der Waals surface area contributed by atoms with E-state index in [-0.39, 0.29) is 0 Å². The molecule has 1 aromatic carbocycles. The lowest BCUT2D eigenvalue weighted by molar-refractivity contribution is 0.174. The van der Waals surface area contributed by atoms with Crippen molar-refractivity contribution in [1.29, 1.82) is 0 Å². The van der Waals surface area contributed by atoms with Gasteiger partial charge in [-0.3, -0.25) is 0 Å². The number of halogens is 1. The first kappa shape index (κ1) is 13.5. The van der Waals surface area contributed by atoms with Gasteiger partial charge in [0.25, 0.3) is 0 Å². The Hall–Kier alpha value is -1.53. The van der Waals surface area contributed by atoms with E-state index in [2.05, 4.69) is 31.2 Å². The topological polar surface area (TPSA) is 59.2 Å². The van der Waals surface area contributed by atoms with Crippen LogP contribution in [0.5, 0.6) is 11.5 Å². The van der Waals surface area contributed by atoms with Crippen molar-refractivity contribution in [1.82, 2.24) is 15.3 Å². The van der Waals surface area contributed by atoms with Crippen LogP contribution in [0.3, 0.4) is 0 Å². The van der Waals surface area contributed by atoms with Crippen LogP contribution in [-0.4, -0.2) is 23.3 Å². The molecule has 0 saturated heterocycles. The van der Waals surface area contributed by atoms with Crippen molar-refractivity contribution in [2.75, 3.05) is 13.3 Å². The van der Waals surface area contributed by atoms with Crippen molar-refractivity contribution in [2.24, 2.45) is 0 Å². The summed E-state index contributed by atoms with van der Waals surface area (Å²) in [5.74, 6) is 2.66. The van der Waals surface area contributed by atoms with Gasteiger partial charge in [-0.2, -0.15) is 0 Å². The molecule has 1 aliphatic rings. The van der Waals surface area contributed by atoms with Crippen molar-refractivity contribution in [2.45, 2.75) is 19.4 Å². The van der Waals surface area contributed by atoms with Crippen LogP contribution in [0.25, 0.3) is 0 Å². The summed E-state index contributed by atoms with van der Waals surface area (Å²) < 4.78 is 11.8. The summed E-state index contributed by atoms with van der Waals surface area (Å²) in [5, 5.41) is 3.43. The molecule has 0 unspecified atom stereocenters. The molecule has 106 valence electrons. The molecular formula is C14H16BrN3O2. The number of imidazole rings is 1. The smallest absolute Gasteiger partial charge is 0.231 e. The standard InChI is InChI=1S/C14H16BrN3O2/c15-11-7-13-12(19-9-20-13)6-10(11)8-16-3-1-2-14-17-4-5-18-14/h4-7,16H,1-3,8-9H2,(H,17,18). The summed E-state index contributed by atoms with van der Waals surface area (Å²) in [7, 11) is 0. The Bertz CT molecular complexity index is 572. The molecule has 5 nitrogen and oxygen atoms in total. The fourth-order valence-electron chi connectivity index (χ4n) is 2.13. The van der Waals surface area contributed by atoms with Gasteiger partial charge < -0.3 is 19.8 Å². The third-order valence-corrected chi connectivity index (χ3v) is 3.92. The van der Waals surface area contributed by atoms with E-state index in [1.807, 2.05) is 18.3 Å². The van der Waals surface area contributed by atoms with Gasteiger partial charge in [-0.15, -0.1) is 0 Å². The van der Waals surface area contributed by atoms with Crippen LogP contribution in [0.15, 0.2) is 29.0 Å². The van der Waals surface area contributed by atoms with Crippen LogP contribution in [0.2, 0.25) is 0 Å². The molecule has 0 saturated carbocycles. The first-order valence-electron chi connectivity index (χ1n) is 6.60. The molecule has 0 fully saturated rings. The van der Waals surface area contributed by atoms with Gasteiger partial charge in [-0.1, -0.05) is 15.9 Å². The highest BCUT2D eigenvalue weighted by Gasteiger charge is 2.15. The Balaban J connectivity index is 1.46. The monoisotopic (exact) mass is 337 g/mol. The molecule has 0 radical (unpaired) electrons. The Labute approximate surface area is 125 Å². The molecular weight excluding hydrogens is 322 g/mol. The van der Waals surface area contributed by atoms with E-state index in [1.165, 1.54) is 5.56 Å². The van der Waals surface area contributed by atoms with Crippen LogP contribution in [0, 0.1) is 0 Å². The minimum absolute atomic E-state index is 0.307. The SMILES string of the molecule is Brc1cc2c(cc1CNCCCc1ncc[nH]1)OCO2. The number of H-pyrrole nitrogens is 1. The second kappa shape index (κ2) is 6.28. The van der Waals surface area contributed by atoms with Crippen molar-refractivity contribution < 1.29 is 9.47 Å². The molecule has 2 N–H and O–H groups in total. The Morgan fingerprint density at radius 3 is 2.95 bits per heavy atom. The van der Waals surface area contributed by atoms with E-state index in [4.69, 9.17) is 9.47 Å². The molecule has 2 aromatic rings. The normalized spacial score (nSPS) is 12.8. The second-order valence-corrected chi connectivity index (χ2v) is 5.47. The number of nitrogens with one attached hydrogen (secondary N) is 2. The van der Waals surface area contributed by atoms with Gasteiger partial charge in [-0.25, -0.2) is 4.98 Å². The maximum absolute atomic E-state index is 5.39. The molecule has 0 spiro atoms. The molecule has 0 amide bonds. The number of hydrogen-bond donors (Lipinski definition) is 2. The number of nitrogens with zero attached hydrogens (tertiary/aromatic N) is 1. The lowest BCUT2D eigenvalue weighted by Gasteiger charge is -2.08. The van der Waals surface area contributed by atoms with Gasteiger partial charge in [0.1, 0.15) is 5.82 Å². The number of rotatable bonds is 6. The van der Waals surface area contributed by atoms with Crippen molar-refractivity contribution >= 4 is 15.9 Å². The van der Waals surface area contributed by atoms with Crippen LogP contribution in [-0.2, 0) is 13.0 Å². The number of fused-ring (bicyclic) bond motifs is 1. The summed E-state index contributed by atoms with van der Waals surface area (Å²) in [4.78, 5) is 7.31. The molecule has 0 aliphatic carbocycles. The number of aryl methyl sites for hydroxylation is 1. The summed E-state index contributed by atoms with van der Waals surface area (Å²) >= 11 is 3.56. The third kappa shape index (κ3) is 3.13. The maximum Gasteiger partial charge on any atom is 0.231 e. The van der Waals surface area contributed by atoms with Crippen molar-refractivity contribution in [3.8, 4) is 11.5 Å². The van der Waals surface area contributed by atoms with Crippen LogP contribution < -0.4 is 14.8 Å². The van der Waals surface area contributed by atoms with Crippen LogP contribution in [0.1, 0.15) is 17.8 Å². The van der Waals surface area contributed by atoms with Gasteiger partial charge in [-0.05, 0) is 30.7 Å². The first-order valence-corrected chi connectivity index (χ1v) is 7.39. The first-order chi connectivity index (χ1) is 9.83. The maximum atomic E-state index is 5.39. The highest BCUT2D eigenvalue weighted by Crippen LogP contribution is 2.36. The zero-order valence-electron chi connectivity index (χ0n) is 11.0. The predicted molar refractivity (Wildman–Crippen MR) is 78.9 cm³/mol. The van der Waals surface area contributed by atoms with Gasteiger partial charge in [0.15, 0.2) is 11.5 Å². The fraction of sp³-hybridized carbons (Fsp3) is 0.357. The zero-order chi connectivity index (χ0) is 13.8. The summed E-state index contributed by atoms with van der Waals surface area (Å²) in [6.45, 7) is 2.05. The van der Waals surface area contributed by atoms with E-state index in [0.717, 1.165) is 47.7 Å². The largest absolute Gasteiger partial charge is 0.454 e. The third-order valence-electron chi connectivity index (χ3n) is 3.18. The number of hydrogen-bond acceptors (Lipinski definition) is 4. The summed E-state index contributed by atoms with van der Waals surface area (Å²) in [5.41, 5.74) is 1.17. The van der Waals surface area contributed by atoms with Gasteiger partial charge in [0, 0.05) is 29.8 Å². The average Bonchev–Trinajstić information content (AvgIpc) is 3.09. The summed E-state index contributed by atoms with van der Waals surface area (Å²) in [6, 6.07) is 3.98. The van der Waals surface area contributed by atoms with Crippen LogP contribution >= 0.6 is 15.9 Å². The fourth-order valence-corrected chi connectivity index (χ4v) is 2.60. The van der Waals surface area contributed by atoms with E-state index >= 15 is 0 Å².